The number of morpholine rings is 1. The van der Waals surface area contributed by atoms with E-state index in [1.807, 2.05) is 12.1 Å². The molecule has 3 unspecified atom stereocenters. The molecule has 21 heavy (non-hydrogen) atoms. The first-order chi connectivity index (χ1) is 10.3. The van der Waals surface area contributed by atoms with Gasteiger partial charge in [0.2, 0.25) is 0 Å². The van der Waals surface area contributed by atoms with Crippen molar-refractivity contribution in [1.82, 2.24) is 10.2 Å². The van der Waals surface area contributed by atoms with E-state index in [-0.39, 0.29) is 0 Å². The third-order valence-electron chi connectivity index (χ3n) is 4.53. The second-order valence-corrected chi connectivity index (χ2v) is 6.06. The topological polar surface area (TPSA) is 33.7 Å². The molecule has 116 valence electrons. The molecule has 3 atom stereocenters. The molecule has 1 N–H and O–H groups in total. The van der Waals surface area contributed by atoms with Gasteiger partial charge in [0.05, 0.1) is 19.3 Å². The van der Waals surface area contributed by atoms with Gasteiger partial charge in [0.25, 0.3) is 0 Å². The Morgan fingerprint density at radius 2 is 1.90 bits per heavy atom. The summed E-state index contributed by atoms with van der Waals surface area (Å²) in [6.45, 7) is 6.35. The summed E-state index contributed by atoms with van der Waals surface area (Å²) in [5.74, 6) is 0.915. The van der Waals surface area contributed by atoms with Crippen molar-refractivity contribution in [2.45, 2.75) is 38.0 Å². The molecular weight excluding hydrogens is 264 g/mol. The SMILES string of the molecule is CCNC(CN1CC2CCC(C1)O2)c1ccc(OC)cc1. The summed E-state index contributed by atoms with van der Waals surface area (Å²) < 4.78 is 11.2. The highest BCUT2D eigenvalue weighted by Crippen LogP contribution is 2.28. The van der Waals surface area contributed by atoms with Crippen LogP contribution in [-0.4, -0.2) is 50.4 Å². The van der Waals surface area contributed by atoms with Crippen molar-refractivity contribution in [1.29, 1.82) is 0 Å². The lowest BCUT2D eigenvalue weighted by molar-refractivity contribution is -0.0407. The van der Waals surface area contributed by atoms with Gasteiger partial charge in [0, 0.05) is 25.7 Å². The minimum Gasteiger partial charge on any atom is -0.497 e. The van der Waals surface area contributed by atoms with Gasteiger partial charge < -0.3 is 14.8 Å². The monoisotopic (exact) mass is 290 g/mol. The van der Waals surface area contributed by atoms with Gasteiger partial charge in [-0.1, -0.05) is 19.1 Å². The van der Waals surface area contributed by atoms with Crippen molar-refractivity contribution in [3.63, 3.8) is 0 Å². The maximum Gasteiger partial charge on any atom is 0.118 e. The van der Waals surface area contributed by atoms with Crippen LogP contribution in [0.5, 0.6) is 5.75 Å². The van der Waals surface area contributed by atoms with Crippen LogP contribution in [-0.2, 0) is 4.74 Å². The van der Waals surface area contributed by atoms with Crippen molar-refractivity contribution >= 4 is 0 Å². The van der Waals surface area contributed by atoms with E-state index in [2.05, 4.69) is 29.3 Å². The van der Waals surface area contributed by atoms with Gasteiger partial charge in [-0.15, -0.1) is 0 Å². The molecular formula is C17H26N2O2. The Morgan fingerprint density at radius 1 is 1.24 bits per heavy atom. The zero-order valence-corrected chi connectivity index (χ0v) is 13.0. The lowest BCUT2D eigenvalue weighted by Gasteiger charge is -2.35. The number of benzene rings is 1. The smallest absolute Gasteiger partial charge is 0.118 e. The second-order valence-electron chi connectivity index (χ2n) is 6.06. The molecule has 2 fully saturated rings. The molecule has 3 rings (SSSR count). The zero-order valence-electron chi connectivity index (χ0n) is 13.0. The van der Waals surface area contributed by atoms with E-state index in [9.17, 15) is 0 Å². The van der Waals surface area contributed by atoms with Gasteiger partial charge in [-0.05, 0) is 37.1 Å². The minimum atomic E-state index is 0.374. The van der Waals surface area contributed by atoms with Crippen LogP contribution in [0, 0.1) is 0 Å². The van der Waals surface area contributed by atoms with E-state index in [0.29, 0.717) is 18.2 Å². The number of likely N-dealkylation sites (N-methyl/N-ethyl adjacent to an activating group) is 1. The van der Waals surface area contributed by atoms with E-state index in [0.717, 1.165) is 31.9 Å². The Hall–Kier alpha value is -1.10. The maximum atomic E-state index is 5.93. The molecule has 0 spiro atoms. The predicted molar refractivity (Wildman–Crippen MR) is 83.7 cm³/mol. The van der Waals surface area contributed by atoms with E-state index >= 15 is 0 Å². The summed E-state index contributed by atoms with van der Waals surface area (Å²) in [5, 5.41) is 3.61. The lowest BCUT2D eigenvalue weighted by atomic mass is 10.1. The number of ether oxygens (including phenoxy) is 2. The molecule has 2 bridgehead atoms. The van der Waals surface area contributed by atoms with Crippen LogP contribution in [0.2, 0.25) is 0 Å². The van der Waals surface area contributed by atoms with Crippen molar-refractivity contribution < 1.29 is 9.47 Å². The second kappa shape index (κ2) is 6.77. The first kappa shape index (κ1) is 14.8. The Balaban J connectivity index is 1.65. The Morgan fingerprint density at radius 3 is 2.48 bits per heavy atom. The van der Waals surface area contributed by atoms with Gasteiger partial charge in [0.15, 0.2) is 0 Å². The molecule has 1 aromatic carbocycles. The molecule has 0 radical (unpaired) electrons. The molecule has 0 aliphatic carbocycles. The fraction of sp³-hybridized carbons (Fsp3) is 0.647. The number of nitrogens with one attached hydrogen (secondary N) is 1. The van der Waals surface area contributed by atoms with E-state index < -0.39 is 0 Å². The summed E-state index contributed by atoms with van der Waals surface area (Å²) in [4.78, 5) is 2.56. The van der Waals surface area contributed by atoms with Crippen LogP contribution in [0.25, 0.3) is 0 Å². The van der Waals surface area contributed by atoms with Gasteiger partial charge in [-0.2, -0.15) is 0 Å². The van der Waals surface area contributed by atoms with Crippen LogP contribution in [0.3, 0.4) is 0 Å². The highest BCUT2D eigenvalue weighted by Gasteiger charge is 2.34. The summed E-state index contributed by atoms with van der Waals surface area (Å²) in [7, 11) is 1.71. The van der Waals surface area contributed by atoms with Crippen molar-refractivity contribution in [2.24, 2.45) is 0 Å². The molecule has 0 amide bonds. The van der Waals surface area contributed by atoms with Crippen molar-refractivity contribution in [3.8, 4) is 5.75 Å². The maximum absolute atomic E-state index is 5.93. The normalized spacial score (nSPS) is 26.8. The number of rotatable bonds is 6. The summed E-state index contributed by atoms with van der Waals surface area (Å²) in [5.41, 5.74) is 1.33. The average molecular weight is 290 g/mol. The van der Waals surface area contributed by atoms with E-state index in [4.69, 9.17) is 9.47 Å². The molecule has 2 saturated heterocycles. The standard InChI is InChI=1S/C17H26N2O2/c1-3-18-17(13-4-6-14(20-2)7-5-13)12-19-10-15-8-9-16(11-19)21-15/h4-7,15-18H,3,8-12H2,1-2H3. The third-order valence-corrected chi connectivity index (χ3v) is 4.53. The summed E-state index contributed by atoms with van der Waals surface area (Å²) in [6.07, 6.45) is 3.38. The van der Waals surface area contributed by atoms with Crippen LogP contribution in [0.1, 0.15) is 31.4 Å². The number of likely N-dealkylation sites (tertiary alicyclic amines) is 1. The Kier molecular flexibility index (Phi) is 4.78. The number of nitrogens with zero attached hydrogens (tertiary/aromatic N) is 1. The molecule has 0 saturated carbocycles. The highest BCUT2D eigenvalue weighted by molar-refractivity contribution is 5.29. The summed E-state index contributed by atoms with van der Waals surface area (Å²) in [6, 6.07) is 8.80. The molecule has 1 aromatic rings. The Labute approximate surface area is 127 Å². The van der Waals surface area contributed by atoms with Gasteiger partial charge in [-0.3, -0.25) is 4.90 Å². The van der Waals surface area contributed by atoms with Crippen molar-refractivity contribution in [3.05, 3.63) is 29.8 Å². The van der Waals surface area contributed by atoms with E-state index in [1.54, 1.807) is 7.11 Å². The predicted octanol–water partition coefficient (Wildman–Crippen LogP) is 2.21. The van der Waals surface area contributed by atoms with Crippen LogP contribution in [0.4, 0.5) is 0 Å². The zero-order chi connectivity index (χ0) is 14.7. The highest BCUT2D eigenvalue weighted by atomic mass is 16.5. The first-order valence-corrected chi connectivity index (χ1v) is 8.03. The number of hydrogen-bond acceptors (Lipinski definition) is 4. The largest absolute Gasteiger partial charge is 0.497 e. The van der Waals surface area contributed by atoms with Crippen molar-refractivity contribution in [2.75, 3.05) is 33.3 Å². The molecule has 4 nitrogen and oxygen atoms in total. The minimum absolute atomic E-state index is 0.374. The van der Waals surface area contributed by atoms with Crippen LogP contribution < -0.4 is 10.1 Å². The quantitative estimate of drug-likeness (QED) is 0.871. The average Bonchev–Trinajstić information content (AvgIpc) is 2.86. The molecule has 2 aliphatic rings. The Bertz CT molecular complexity index is 437. The fourth-order valence-corrected chi connectivity index (χ4v) is 3.48. The van der Waals surface area contributed by atoms with Gasteiger partial charge in [0.1, 0.15) is 5.75 Å². The lowest BCUT2D eigenvalue weighted by Crippen LogP contribution is -2.46. The molecule has 2 aliphatic heterocycles. The fourth-order valence-electron chi connectivity index (χ4n) is 3.48. The molecule has 4 heteroatoms. The number of methoxy groups -OCH3 is 1. The number of fused-ring (bicyclic) bond motifs is 2. The first-order valence-electron chi connectivity index (χ1n) is 8.03. The summed E-state index contributed by atoms with van der Waals surface area (Å²) >= 11 is 0. The third kappa shape index (κ3) is 3.57. The number of hydrogen-bond donors (Lipinski definition) is 1. The van der Waals surface area contributed by atoms with Gasteiger partial charge >= 0.3 is 0 Å². The molecule has 0 aromatic heterocycles. The van der Waals surface area contributed by atoms with E-state index in [1.165, 1.54) is 18.4 Å². The van der Waals surface area contributed by atoms with Gasteiger partial charge in [-0.25, -0.2) is 0 Å². The van der Waals surface area contributed by atoms with Crippen LogP contribution in [0.15, 0.2) is 24.3 Å². The van der Waals surface area contributed by atoms with Crippen LogP contribution >= 0.6 is 0 Å². The molecule has 2 heterocycles.